The molecule has 0 saturated heterocycles. The molecule has 4 heteroatoms. The average Bonchev–Trinajstić information content (AvgIpc) is 2.50. The second-order valence-electron chi connectivity index (χ2n) is 4.57. The number of quaternary nitrogens is 1. The van der Waals surface area contributed by atoms with Crippen LogP contribution in [0.15, 0.2) is 22.3 Å². The number of aryl methyl sites for hydroxylation is 1. The van der Waals surface area contributed by atoms with E-state index in [2.05, 4.69) is 6.07 Å². The van der Waals surface area contributed by atoms with Gasteiger partial charge in [-0.05, 0) is 24.4 Å². The van der Waals surface area contributed by atoms with E-state index in [0.717, 1.165) is 15.8 Å². The Kier molecular flexibility index (Phi) is 2.20. The van der Waals surface area contributed by atoms with Crippen molar-refractivity contribution in [1.82, 2.24) is 9.27 Å². The van der Waals surface area contributed by atoms with Crippen molar-refractivity contribution >= 4 is 21.6 Å². The van der Waals surface area contributed by atoms with Gasteiger partial charge in [-0.15, -0.1) is 16.0 Å². The Hall–Kier alpha value is -1.13. The molecule has 0 radical (unpaired) electrons. The van der Waals surface area contributed by atoms with Crippen LogP contribution in [0.25, 0.3) is 10.2 Å². The molecule has 3 nitrogen and oxygen atoms in total. The number of nitrogens with zero attached hydrogens (tertiary/aromatic N) is 2. The van der Waals surface area contributed by atoms with Crippen LogP contribution in [0, 0.1) is 6.92 Å². The smallest absolute Gasteiger partial charge is 0.264 e. The first-order valence-electron chi connectivity index (χ1n) is 4.83. The number of fused-ring (bicyclic) bond motifs is 1. The van der Waals surface area contributed by atoms with Crippen LogP contribution in [-0.4, -0.2) is 25.8 Å². The fraction of sp³-hybridized carbons (Fsp3) is 0.364. The van der Waals surface area contributed by atoms with Gasteiger partial charge >= 0.3 is 0 Å². The third kappa shape index (κ3) is 1.60. The molecular weight excluding hydrogens is 208 g/mol. The summed E-state index contributed by atoms with van der Waals surface area (Å²) < 4.78 is 2.33. The summed E-state index contributed by atoms with van der Waals surface area (Å²) in [5.41, 5.74) is 0.895. The van der Waals surface area contributed by atoms with E-state index in [4.69, 9.17) is 0 Å². The van der Waals surface area contributed by atoms with Crippen molar-refractivity contribution < 1.29 is 0 Å². The number of hydrogen-bond donors (Lipinski definition) is 0. The molecule has 2 aromatic heterocycles. The fourth-order valence-corrected chi connectivity index (χ4v) is 2.73. The first-order valence-corrected chi connectivity index (χ1v) is 5.71. The minimum absolute atomic E-state index is 0.0949. The largest absolute Gasteiger partial charge is 0.300 e. The number of pyridine rings is 1. The topological polar surface area (TPSA) is 22.0 Å². The van der Waals surface area contributed by atoms with Crippen molar-refractivity contribution in [3.8, 4) is 0 Å². The normalized spacial score (nSPS) is 12.3. The molecule has 0 aliphatic heterocycles. The third-order valence-corrected chi connectivity index (χ3v) is 3.27. The van der Waals surface area contributed by atoms with Crippen molar-refractivity contribution in [2.24, 2.45) is 0 Å². The molecule has 0 amide bonds. The van der Waals surface area contributed by atoms with E-state index in [-0.39, 0.29) is 5.56 Å². The van der Waals surface area contributed by atoms with Gasteiger partial charge in [-0.25, -0.2) is 4.59 Å². The van der Waals surface area contributed by atoms with Crippen molar-refractivity contribution in [3.05, 3.63) is 33.4 Å². The van der Waals surface area contributed by atoms with Gasteiger partial charge in [-0.2, -0.15) is 0 Å². The summed E-state index contributed by atoms with van der Waals surface area (Å²) in [6.45, 7) is 1.87. The van der Waals surface area contributed by atoms with Crippen LogP contribution < -0.4 is 10.2 Å². The van der Waals surface area contributed by atoms with Crippen LogP contribution in [0.3, 0.4) is 0 Å². The summed E-state index contributed by atoms with van der Waals surface area (Å²) in [7, 11) is 6.00. The molecule has 80 valence electrons. The lowest BCUT2D eigenvalue weighted by Gasteiger charge is -2.25. The summed E-state index contributed by atoms with van der Waals surface area (Å²) in [6, 6.07) is 4.01. The lowest BCUT2D eigenvalue weighted by atomic mass is 10.2. The standard InChI is InChI=1S/C11H15N2OS/c1-8-7-9-5-6-15-11(9)12(10(8)14)13(2,3)4/h5-7H,1-4H3/q+1. The summed E-state index contributed by atoms with van der Waals surface area (Å²) >= 11 is 1.61. The Morgan fingerprint density at radius 1 is 1.33 bits per heavy atom. The third-order valence-electron chi connectivity index (χ3n) is 2.37. The molecule has 0 saturated carbocycles. The highest BCUT2D eigenvalue weighted by Crippen LogP contribution is 2.20. The molecule has 0 fully saturated rings. The molecule has 2 aromatic rings. The maximum absolute atomic E-state index is 12.1. The molecule has 0 aliphatic rings. The Bertz CT molecular complexity index is 560. The van der Waals surface area contributed by atoms with Gasteiger partial charge < -0.3 is 0 Å². The zero-order valence-electron chi connectivity index (χ0n) is 9.44. The van der Waals surface area contributed by atoms with E-state index >= 15 is 0 Å². The van der Waals surface area contributed by atoms with Gasteiger partial charge in [-0.1, -0.05) is 0 Å². The highest BCUT2D eigenvalue weighted by molar-refractivity contribution is 7.16. The van der Waals surface area contributed by atoms with Gasteiger partial charge in [0, 0.05) is 10.9 Å². The van der Waals surface area contributed by atoms with E-state index < -0.39 is 0 Å². The average molecular weight is 223 g/mol. The molecule has 0 bridgehead atoms. The van der Waals surface area contributed by atoms with Crippen molar-refractivity contribution in [3.63, 3.8) is 0 Å². The van der Waals surface area contributed by atoms with Crippen LogP contribution in [0.5, 0.6) is 0 Å². The second kappa shape index (κ2) is 3.18. The molecule has 0 unspecified atom stereocenters. The van der Waals surface area contributed by atoms with Gasteiger partial charge in [0.05, 0.1) is 21.1 Å². The number of aromatic nitrogens is 1. The first kappa shape index (κ1) is 10.4. The molecule has 2 heterocycles. The van der Waals surface area contributed by atoms with Gasteiger partial charge in [0.1, 0.15) is 0 Å². The lowest BCUT2D eigenvalue weighted by molar-refractivity contribution is 0.261. The van der Waals surface area contributed by atoms with Crippen LogP contribution >= 0.6 is 11.3 Å². The number of rotatable bonds is 1. The summed E-state index contributed by atoms with van der Waals surface area (Å²) in [5.74, 6) is 0. The van der Waals surface area contributed by atoms with E-state index in [1.165, 1.54) is 0 Å². The number of thiophene rings is 1. The molecule has 0 N–H and O–H groups in total. The zero-order valence-corrected chi connectivity index (χ0v) is 10.3. The van der Waals surface area contributed by atoms with Crippen molar-refractivity contribution in [2.45, 2.75) is 6.92 Å². The molecule has 0 aromatic carbocycles. The van der Waals surface area contributed by atoms with Crippen molar-refractivity contribution in [2.75, 3.05) is 21.1 Å². The van der Waals surface area contributed by atoms with Gasteiger partial charge in [0.15, 0.2) is 4.83 Å². The van der Waals surface area contributed by atoms with Gasteiger partial charge in [0.25, 0.3) is 5.56 Å². The zero-order chi connectivity index (χ0) is 11.2. The molecule has 0 atom stereocenters. The SMILES string of the molecule is Cc1cc2ccsc2n([N+](C)(C)C)c1=O. The van der Waals surface area contributed by atoms with E-state index in [0.29, 0.717) is 4.59 Å². The minimum Gasteiger partial charge on any atom is -0.264 e. The van der Waals surface area contributed by atoms with Crippen molar-refractivity contribution in [1.29, 1.82) is 0 Å². The highest BCUT2D eigenvalue weighted by Gasteiger charge is 2.18. The molecule has 0 aliphatic carbocycles. The molecule has 0 spiro atoms. The Balaban J connectivity index is 2.97. The maximum atomic E-state index is 12.1. The van der Waals surface area contributed by atoms with Crippen LogP contribution in [0.1, 0.15) is 5.56 Å². The minimum atomic E-state index is 0.0949. The summed E-state index contributed by atoms with van der Waals surface area (Å²) in [6.07, 6.45) is 0. The molecule has 15 heavy (non-hydrogen) atoms. The second-order valence-corrected chi connectivity index (χ2v) is 5.46. The fourth-order valence-electron chi connectivity index (χ4n) is 1.69. The van der Waals surface area contributed by atoms with E-state index in [1.807, 2.05) is 44.2 Å². The first-order chi connectivity index (χ1) is 6.91. The van der Waals surface area contributed by atoms with E-state index in [9.17, 15) is 4.79 Å². The Labute approximate surface area is 92.7 Å². The summed E-state index contributed by atoms with van der Waals surface area (Å²) in [4.78, 5) is 13.1. The quantitative estimate of drug-likeness (QED) is 0.674. The van der Waals surface area contributed by atoms with Crippen LogP contribution in [0.2, 0.25) is 0 Å². The highest BCUT2D eigenvalue weighted by atomic mass is 32.1. The lowest BCUT2D eigenvalue weighted by Crippen LogP contribution is -2.52. The van der Waals surface area contributed by atoms with E-state index in [1.54, 1.807) is 11.3 Å². The monoisotopic (exact) mass is 223 g/mol. The predicted molar refractivity (Wildman–Crippen MR) is 66.1 cm³/mol. The predicted octanol–water partition coefficient (Wildman–Crippen LogP) is 1.70. The number of hydrogen-bond acceptors (Lipinski definition) is 2. The van der Waals surface area contributed by atoms with Gasteiger partial charge in [0.2, 0.25) is 0 Å². The molecule has 2 rings (SSSR count). The molecular formula is C11H15N2OS+. The Morgan fingerprint density at radius 3 is 2.60 bits per heavy atom. The van der Waals surface area contributed by atoms with Gasteiger partial charge in [-0.3, -0.25) is 4.79 Å². The Morgan fingerprint density at radius 2 is 2.00 bits per heavy atom. The summed E-state index contributed by atoms with van der Waals surface area (Å²) in [5, 5.41) is 3.17. The van der Waals surface area contributed by atoms with Crippen LogP contribution in [0.4, 0.5) is 0 Å². The van der Waals surface area contributed by atoms with Crippen LogP contribution in [-0.2, 0) is 0 Å². The maximum Gasteiger partial charge on any atom is 0.300 e.